The minimum Gasteiger partial charge on any atom is -0.366 e. The van der Waals surface area contributed by atoms with Gasteiger partial charge < -0.3 is 5.73 Å². The quantitative estimate of drug-likeness (QED) is 0.210. The molecule has 0 saturated heterocycles. The number of amides is 1. The number of carbonyl (C=O) groups excluding carboxylic acids is 1. The van der Waals surface area contributed by atoms with Crippen LogP contribution < -0.4 is 5.73 Å². The summed E-state index contributed by atoms with van der Waals surface area (Å²) in [6.45, 7) is 2.26. The molecular formula is C25H37NO. The Morgan fingerprint density at radius 1 is 0.852 bits per heavy atom. The molecule has 0 fully saturated rings. The van der Waals surface area contributed by atoms with Crippen LogP contribution >= 0.6 is 0 Å². The highest BCUT2D eigenvalue weighted by molar-refractivity contribution is 5.92. The van der Waals surface area contributed by atoms with Crippen LogP contribution in [0.2, 0.25) is 0 Å². The van der Waals surface area contributed by atoms with Crippen LogP contribution in [0.3, 0.4) is 0 Å². The second-order valence-electron chi connectivity index (χ2n) is 7.15. The molecule has 0 saturated carbocycles. The van der Waals surface area contributed by atoms with Crippen LogP contribution in [0.15, 0.2) is 66.3 Å². The zero-order valence-electron chi connectivity index (χ0n) is 17.0. The highest BCUT2D eigenvalue weighted by atomic mass is 16.1. The van der Waals surface area contributed by atoms with Crippen molar-refractivity contribution >= 4 is 5.91 Å². The molecule has 0 unspecified atom stereocenters. The van der Waals surface area contributed by atoms with Crippen LogP contribution in [0.4, 0.5) is 0 Å². The average Bonchev–Trinajstić information content (AvgIpc) is 2.68. The Labute approximate surface area is 166 Å². The molecule has 27 heavy (non-hydrogen) atoms. The molecule has 148 valence electrons. The second kappa shape index (κ2) is 16.1. The van der Waals surface area contributed by atoms with E-state index in [4.69, 9.17) is 5.73 Å². The Kier molecular flexibility index (Phi) is 13.7. The number of allylic oxidation sites excluding steroid dienone is 5. The van der Waals surface area contributed by atoms with Crippen LogP contribution in [-0.4, -0.2) is 5.91 Å². The first-order valence-electron chi connectivity index (χ1n) is 10.6. The van der Waals surface area contributed by atoms with Gasteiger partial charge in [0.2, 0.25) is 5.91 Å². The molecule has 0 spiro atoms. The van der Waals surface area contributed by atoms with E-state index in [0.717, 1.165) is 12.0 Å². The van der Waals surface area contributed by atoms with Gasteiger partial charge in [0, 0.05) is 12.0 Å². The van der Waals surface area contributed by atoms with Crippen molar-refractivity contribution in [3.8, 4) is 0 Å². The summed E-state index contributed by atoms with van der Waals surface area (Å²) in [7, 11) is 0. The molecule has 0 aromatic heterocycles. The molecule has 1 aromatic carbocycles. The zero-order valence-corrected chi connectivity index (χ0v) is 17.0. The molecule has 0 aliphatic heterocycles. The normalized spacial score (nSPS) is 12.3. The highest BCUT2D eigenvalue weighted by Crippen LogP contribution is 2.11. The third kappa shape index (κ3) is 12.8. The molecule has 0 aliphatic carbocycles. The molecule has 0 atom stereocenters. The number of hydrogen-bond acceptors (Lipinski definition) is 1. The molecule has 0 bridgehead atoms. The van der Waals surface area contributed by atoms with Gasteiger partial charge in [-0.2, -0.15) is 0 Å². The predicted molar refractivity (Wildman–Crippen MR) is 118 cm³/mol. The van der Waals surface area contributed by atoms with Gasteiger partial charge in [-0.15, -0.1) is 0 Å². The maximum Gasteiger partial charge on any atom is 0.244 e. The van der Waals surface area contributed by atoms with Crippen molar-refractivity contribution in [1.29, 1.82) is 0 Å². The summed E-state index contributed by atoms with van der Waals surface area (Å²) in [6.07, 6.45) is 23.9. The van der Waals surface area contributed by atoms with Gasteiger partial charge in [-0.1, -0.05) is 119 Å². The number of unbranched alkanes of at least 4 members (excludes halogenated alkanes) is 9. The number of rotatable bonds is 15. The van der Waals surface area contributed by atoms with Crippen molar-refractivity contribution in [3.63, 3.8) is 0 Å². The molecule has 2 heteroatoms. The van der Waals surface area contributed by atoms with Crippen LogP contribution in [0.1, 0.15) is 76.7 Å². The van der Waals surface area contributed by atoms with Crippen molar-refractivity contribution in [2.45, 2.75) is 77.6 Å². The third-order valence-corrected chi connectivity index (χ3v) is 4.68. The summed E-state index contributed by atoms with van der Waals surface area (Å²) in [6, 6.07) is 9.92. The highest BCUT2D eigenvalue weighted by Gasteiger charge is 2.04. The summed E-state index contributed by atoms with van der Waals surface area (Å²) < 4.78 is 0. The molecule has 1 aromatic rings. The first-order chi connectivity index (χ1) is 13.2. The summed E-state index contributed by atoms with van der Waals surface area (Å²) in [4.78, 5) is 11.6. The molecule has 1 amide bonds. The van der Waals surface area contributed by atoms with Crippen LogP contribution in [0.5, 0.6) is 0 Å². The largest absolute Gasteiger partial charge is 0.366 e. The van der Waals surface area contributed by atoms with Crippen LogP contribution in [0, 0.1) is 0 Å². The summed E-state index contributed by atoms with van der Waals surface area (Å²) in [5.41, 5.74) is 7.20. The van der Waals surface area contributed by atoms with Gasteiger partial charge in [-0.05, 0) is 18.4 Å². The minimum absolute atomic E-state index is 0.359. The van der Waals surface area contributed by atoms with Crippen LogP contribution in [-0.2, 0) is 11.2 Å². The number of benzene rings is 1. The smallest absolute Gasteiger partial charge is 0.244 e. The lowest BCUT2D eigenvalue weighted by Crippen LogP contribution is -2.15. The SMILES string of the molecule is CCCCCCCCCCCC=CC=CC=C(Cc1ccccc1)C(N)=O. The standard InChI is InChI=1S/C25H37NO/c1-2-3-4-5-6-7-8-9-10-11-12-13-14-18-21-24(25(26)27)22-23-19-16-15-17-20-23/h12-21H,2-11,22H2,1H3,(H2,26,27). The fraction of sp³-hybridized carbons (Fsp3) is 0.480. The second-order valence-corrected chi connectivity index (χ2v) is 7.15. The maximum atomic E-state index is 11.6. The lowest BCUT2D eigenvalue weighted by atomic mass is 10.0. The Balaban J connectivity index is 2.16. The minimum atomic E-state index is -0.359. The van der Waals surface area contributed by atoms with E-state index in [9.17, 15) is 4.79 Å². The van der Waals surface area contributed by atoms with E-state index in [-0.39, 0.29) is 5.91 Å². The monoisotopic (exact) mass is 367 g/mol. The van der Waals surface area contributed by atoms with Gasteiger partial charge in [0.05, 0.1) is 0 Å². The van der Waals surface area contributed by atoms with Gasteiger partial charge in [0.1, 0.15) is 0 Å². The first kappa shape index (κ1) is 23.0. The van der Waals surface area contributed by atoms with Gasteiger partial charge >= 0.3 is 0 Å². The summed E-state index contributed by atoms with van der Waals surface area (Å²) in [5, 5.41) is 0. The van der Waals surface area contributed by atoms with E-state index in [1.54, 1.807) is 0 Å². The van der Waals surface area contributed by atoms with E-state index in [1.165, 1.54) is 57.8 Å². The maximum absolute atomic E-state index is 11.6. The van der Waals surface area contributed by atoms with Crippen molar-refractivity contribution < 1.29 is 4.79 Å². The van der Waals surface area contributed by atoms with E-state index >= 15 is 0 Å². The van der Waals surface area contributed by atoms with Gasteiger partial charge in [-0.3, -0.25) is 4.79 Å². The number of nitrogens with two attached hydrogens (primary N) is 1. The molecular weight excluding hydrogens is 330 g/mol. The van der Waals surface area contributed by atoms with E-state index in [2.05, 4.69) is 19.1 Å². The lowest BCUT2D eigenvalue weighted by molar-refractivity contribution is -0.114. The molecule has 2 N–H and O–H groups in total. The Bertz CT molecular complexity index is 584. The molecule has 1 rings (SSSR count). The van der Waals surface area contributed by atoms with Crippen molar-refractivity contribution in [3.05, 3.63) is 71.8 Å². The molecule has 0 aliphatic rings. The molecule has 2 nitrogen and oxygen atoms in total. The van der Waals surface area contributed by atoms with E-state index in [1.807, 2.05) is 48.6 Å². The van der Waals surface area contributed by atoms with E-state index in [0.29, 0.717) is 12.0 Å². The van der Waals surface area contributed by atoms with Crippen molar-refractivity contribution in [1.82, 2.24) is 0 Å². The zero-order chi connectivity index (χ0) is 19.6. The Hall–Kier alpha value is -2.09. The summed E-state index contributed by atoms with van der Waals surface area (Å²) in [5.74, 6) is -0.359. The topological polar surface area (TPSA) is 43.1 Å². The third-order valence-electron chi connectivity index (χ3n) is 4.68. The lowest BCUT2D eigenvalue weighted by Gasteiger charge is -2.02. The molecule has 0 heterocycles. The van der Waals surface area contributed by atoms with Gasteiger partial charge in [0.25, 0.3) is 0 Å². The predicted octanol–water partition coefficient (Wildman–Crippen LogP) is 6.67. The van der Waals surface area contributed by atoms with Gasteiger partial charge in [-0.25, -0.2) is 0 Å². The van der Waals surface area contributed by atoms with Crippen molar-refractivity contribution in [2.24, 2.45) is 5.73 Å². The average molecular weight is 368 g/mol. The first-order valence-corrected chi connectivity index (χ1v) is 10.6. The fourth-order valence-electron chi connectivity index (χ4n) is 3.03. The van der Waals surface area contributed by atoms with Crippen molar-refractivity contribution in [2.75, 3.05) is 0 Å². The van der Waals surface area contributed by atoms with Crippen LogP contribution in [0.25, 0.3) is 0 Å². The fourth-order valence-corrected chi connectivity index (χ4v) is 3.03. The van der Waals surface area contributed by atoms with E-state index < -0.39 is 0 Å². The summed E-state index contributed by atoms with van der Waals surface area (Å²) >= 11 is 0. The Morgan fingerprint density at radius 3 is 2.11 bits per heavy atom. The number of carbonyl (C=O) groups is 1. The number of primary amides is 1. The number of hydrogen-bond donors (Lipinski definition) is 1. The van der Waals surface area contributed by atoms with Gasteiger partial charge in [0.15, 0.2) is 0 Å². The Morgan fingerprint density at radius 2 is 1.48 bits per heavy atom. The molecule has 0 radical (unpaired) electrons.